The number of pyridine rings is 2. The number of nitrogens with zero attached hydrogens (tertiary/aromatic N) is 4. The summed E-state index contributed by atoms with van der Waals surface area (Å²) in [6, 6.07) is 10.2. The Morgan fingerprint density at radius 2 is 1.68 bits per heavy atom. The highest BCUT2D eigenvalue weighted by molar-refractivity contribution is 6.31. The van der Waals surface area contributed by atoms with Crippen molar-refractivity contribution in [3.8, 4) is 0 Å². The summed E-state index contributed by atoms with van der Waals surface area (Å²) >= 11 is 6.07. The van der Waals surface area contributed by atoms with Crippen LogP contribution in [0.15, 0.2) is 48.8 Å². The molecule has 0 unspecified atom stereocenters. The number of aromatic nitrogens is 2. The van der Waals surface area contributed by atoms with Crippen LogP contribution >= 0.6 is 11.6 Å². The van der Waals surface area contributed by atoms with Gasteiger partial charge in [0.15, 0.2) is 0 Å². The number of anilines is 2. The molecule has 1 saturated heterocycles. The zero-order valence-corrected chi connectivity index (χ0v) is 15.7. The van der Waals surface area contributed by atoms with Crippen LogP contribution in [0.2, 0.25) is 5.02 Å². The lowest BCUT2D eigenvalue weighted by molar-refractivity contribution is -0.137. The van der Waals surface area contributed by atoms with Crippen LogP contribution in [-0.2, 0) is 6.18 Å². The van der Waals surface area contributed by atoms with Crippen molar-refractivity contribution < 1.29 is 13.2 Å². The topological polar surface area (TPSA) is 32.3 Å². The minimum absolute atomic E-state index is 0.571. The van der Waals surface area contributed by atoms with Crippen molar-refractivity contribution in [2.24, 2.45) is 0 Å². The molecule has 4 rings (SSSR count). The Kier molecular flexibility index (Phi) is 5.02. The highest BCUT2D eigenvalue weighted by atomic mass is 35.5. The van der Waals surface area contributed by atoms with Gasteiger partial charge in [0.05, 0.1) is 11.1 Å². The van der Waals surface area contributed by atoms with Crippen LogP contribution in [0.1, 0.15) is 12.0 Å². The molecule has 0 N–H and O–H groups in total. The quantitative estimate of drug-likeness (QED) is 0.598. The van der Waals surface area contributed by atoms with Gasteiger partial charge in [0, 0.05) is 54.7 Å². The Balaban J connectivity index is 1.53. The number of hydrogen-bond donors (Lipinski definition) is 0. The maximum Gasteiger partial charge on any atom is 0.417 e. The Labute approximate surface area is 165 Å². The molecule has 0 aliphatic carbocycles. The van der Waals surface area contributed by atoms with Crippen LogP contribution in [-0.4, -0.2) is 36.1 Å². The molecule has 0 bridgehead atoms. The Hall–Kier alpha value is -2.54. The predicted molar refractivity (Wildman–Crippen MR) is 105 cm³/mol. The van der Waals surface area contributed by atoms with Crippen LogP contribution in [0.25, 0.3) is 10.9 Å². The van der Waals surface area contributed by atoms with Crippen molar-refractivity contribution in [2.45, 2.75) is 12.6 Å². The van der Waals surface area contributed by atoms with E-state index in [0.29, 0.717) is 17.4 Å². The van der Waals surface area contributed by atoms with E-state index in [1.807, 2.05) is 29.2 Å². The normalized spacial score (nSPS) is 15.7. The first-order valence-corrected chi connectivity index (χ1v) is 9.37. The fourth-order valence-electron chi connectivity index (χ4n) is 3.51. The highest BCUT2D eigenvalue weighted by Crippen LogP contribution is 2.31. The van der Waals surface area contributed by atoms with E-state index in [2.05, 4.69) is 14.9 Å². The second-order valence-corrected chi connectivity index (χ2v) is 7.16. The molecule has 0 saturated carbocycles. The van der Waals surface area contributed by atoms with Crippen LogP contribution < -0.4 is 9.80 Å². The molecule has 0 amide bonds. The van der Waals surface area contributed by atoms with Crippen molar-refractivity contribution in [3.63, 3.8) is 0 Å². The maximum absolute atomic E-state index is 12.7. The van der Waals surface area contributed by atoms with E-state index < -0.39 is 11.7 Å². The molecule has 146 valence electrons. The SMILES string of the molecule is FC(F)(F)c1ccc(N2CCCN(c3ccnc4cc(Cl)ccc34)CC2)nc1. The fourth-order valence-corrected chi connectivity index (χ4v) is 3.68. The lowest BCUT2D eigenvalue weighted by Crippen LogP contribution is -2.31. The standard InChI is InChI=1S/C20H18ClF3N4/c21-15-3-4-16-17(12-15)25-7-6-18(16)27-8-1-9-28(11-10-27)19-5-2-14(13-26-19)20(22,23)24/h2-7,12-13H,1,8-11H2. The predicted octanol–water partition coefficient (Wildman–Crippen LogP) is 5.02. The molecule has 1 fully saturated rings. The van der Waals surface area contributed by atoms with Crippen LogP contribution in [0.4, 0.5) is 24.7 Å². The number of benzene rings is 1. The average molecular weight is 407 g/mol. The molecule has 3 aromatic rings. The molecule has 4 nitrogen and oxygen atoms in total. The molecule has 1 aliphatic heterocycles. The number of hydrogen-bond acceptors (Lipinski definition) is 4. The molecule has 2 aromatic heterocycles. The number of alkyl halides is 3. The van der Waals surface area contributed by atoms with Crippen molar-refractivity contribution in [3.05, 3.63) is 59.4 Å². The number of halogens is 4. The highest BCUT2D eigenvalue weighted by Gasteiger charge is 2.31. The van der Waals surface area contributed by atoms with Gasteiger partial charge in [-0.25, -0.2) is 4.98 Å². The number of rotatable bonds is 2. The summed E-state index contributed by atoms with van der Waals surface area (Å²) in [6.45, 7) is 3.00. The van der Waals surface area contributed by atoms with E-state index in [-0.39, 0.29) is 0 Å². The van der Waals surface area contributed by atoms with Crippen molar-refractivity contribution in [1.82, 2.24) is 9.97 Å². The lowest BCUT2D eigenvalue weighted by atomic mass is 10.1. The second kappa shape index (κ2) is 7.47. The van der Waals surface area contributed by atoms with Gasteiger partial charge in [0.25, 0.3) is 0 Å². The zero-order chi connectivity index (χ0) is 19.7. The van der Waals surface area contributed by atoms with E-state index in [1.54, 1.807) is 6.20 Å². The minimum atomic E-state index is -4.37. The van der Waals surface area contributed by atoms with Gasteiger partial charge >= 0.3 is 6.18 Å². The minimum Gasteiger partial charge on any atom is -0.369 e. The van der Waals surface area contributed by atoms with Crippen LogP contribution in [0, 0.1) is 0 Å². The first-order valence-electron chi connectivity index (χ1n) is 8.99. The second-order valence-electron chi connectivity index (χ2n) is 6.72. The molecule has 1 aliphatic rings. The van der Waals surface area contributed by atoms with E-state index in [0.717, 1.165) is 54.9 Å². The van der Waals surface area contributed by atoms with Gasteiger partial charge < -0.3 is 9.80 Å². The van der Waals surface area contributed by atoms with Crippen LogP contribution in [0.3, 0.4) is 0 Å². The molecule has 3 heterocycles. The summed E-state index contributed by atoms with van der Waals surface area (Å²) in [4.78, 5) is 12.7. The van der Waals surface area contributed by atoms with Gasteiger partial charge in [-0.15, -0.1) is 0 Å². The third-order valence-electron chi connectivity index (χ3n) is 4.92. The van der Waals surface area contributed by atoms with Gasteiger partial charge in [-0.2, -0.15) is 13.2 Å². The molecular formula is C20H18ClF3N4. The van der Waals surface area contributed by atoms with Crippen LogP contribution in [0.5, 0.6) is 0 Å². The number of fused-ring (bicyclic) bond motifs is 1. The van der Waals surface area contributed by atoms with Gasteiger partial charge in [-0.05, 0) is 42.8 Å². The molecule has 0 spiro atoms. The van der Waals surface area contributed by atoms with E-state index in [4.69, 9.17) is 11.6 Å². The summed E-state index contributed by atoms with van der Waals surface area (Å²) < 4.78 is 38.2. The van der Waals surface area contributed by atoms with Gasteiger partial charge in [-0.1, -0.05) is 11.6 Å². The smallest absolute Gasteiger partial charge is 0.369 e. The van der Waals surface area contributed by atoms with E-state index in [1.165, 1.54) is 6.07 Å². The molecule has 0 atom stereocenters. The van der Waals surface area contributed by atoms with Crippen molar-refractivity contribution >= 4 is 34.0 Å². The fraction of sp³-hybridized carbons (Fsp3) is 0.300. The largest absolute Gasteiger partial charge is 0.417 e. The van der Waals surface area contributed by atoms with Gasteiger partial charge in [0.2, 0.25) is 0 Å². The monoisotopic (exact) mass is 406 g/mol. The summed E-state index contributed by atoms with van der Waals surface area (Å²) in [6.07, 6.45) is -0.821. The first-order chi connectivity index (χ1) is 13.4. The summed E-state index contributed by atoms with van der Waals surface area (Å²) in [5.74, 6) is 0.571. The van der Waals surface area contributed by atoms with E-state index in [9.17, 15) is 13.2 Å². The van der Waals surface area contributed by atoms with Gasteiger partial charge in [-0.3, -0.25) is 4.98 Å². The molecular weight excluding hydrogens is 389 g/mol. The first kappa shape index (κ1) is 18.8. The molecule has 28 heavy (non-hydrogen) atoms. The van der Waals surface area contributed by atoms with Crippen molar-refractivity contribution in [1.29, 1.82) is 0 Å². The third kappa shape index (κ3) is 3.85. The zero-order valence-electron chi connectivity index (χ0n) is 15.0. The molecule has 0 radical (unpaired) electrons. The molecule has 8 heteroatoms. The molecule has 1 aromatic carbocycles. The summed E-state index contributed by atoms with van der Waals surface area (Å²) in [5, 5.41) is 1.68. The lowest BCUT2D eigenvalue weighted by Gasteiger charge is -2.25. The summed E-state index contributed by atoms with van der Waals surface area (Å²) in [7, 11) is 0. The maximum atomic E-state index is 12.7. The summed E-state index contributed by atoms with van der Waals surface area (Å²) in [5.41, 5.74) is 1.20. The average Bonchev–Trinajstić information content (AvgIpc) is 2.93. The third-order valence-corrected chi connectivity index (χ3v) is 5.15. The van der Waals surface area contributed by atoms with E-state index >= 15 is 0 Å². The van der Waals surface area contributed by atoms with Crippen molar-refractivity contribution in [2.75, 3.05) is 36.0 Å². The Morgan fingerprint density at radius 1 is 0.893 bits per heavy atom. The Morgan fingerprint density at radius 3 is 2.43 bits per heavy atom. The Bertz CT molecular complexity index is 975. The van der Waals surface area contributed by atoms with Gasteiger partial charge in [0.1, 0.15) is 5.82 Å².